The van der Waals surface area contributed by atoms with Crippen LogP contribution in [-0.4, -0.2) is 36.8 Å². The molecule has 1 saturated heterocycles. The highest BCUT2D eigenvalue weighted by Gasteiger charge is 2.42. The van der Waals surface area contributed by atoms with Crippen LogP contribution in [0.25, 0.3) is 0 Å². The third-order valence-corrected chi connectivity index (χ3v) is 5.54. The van der Waals surface area contributed by atoms with Crippen molar-refractivity contribution in [3.63, 3.8) is 0 Å². The van der Waals surface area contributed by atoms with Crippen LogP contribution >= 0.6 is 0 Å². The molecule has 0 bridgehead atoms. The van der Waals surface area contributed by atoms with E-state index in [2.05, 4.69) is 4.72 Å². The molecule has 7 heteroatoms. The van der Waals surface area contributed by atoms with Crippen molar-refractivity contribution < 1.29 is 18.3 Å². The maximum atomic E-state index is 12.4. The van der Waals surface area contributed by atoms with Gasteiger partial charge in [0.25, 0.3) is 0 Å². The summed E-state index contributed by atoms with van der Waals surface area (Å²) in [5, 5.41) is 9.15. The highest BCUT2D eigenvalue weighted by Crippen LogP contribution is 2.39. The van der Waals surface area contributed by atoms with Crippen molar-refractivity contribution in [2.75, 3.05) is 6.61 Å². The molecule has 0 spiro atoms. The molecule has 1 aliphatic heterocycles. The monoisotopic (exact) mass is 300 g/mol. The minimum absolute atomic E-state index is 0.0193. The predicted molar refractivity (Wildman–Crippen MR) is 72.5 cm³/mol. The fourth-order valence-corrected chi connectivity index (χ4v) is 4.15. The Morgan fingerprint density at radius 3 is 2.80 bits per heavy atom. The second-order valence-corrected chi connectivity index (χ2v) is 7.34. The number of hydrogen-bond donors (Lipinski definition) is 2. The van der Waals surface area contributed by atoms with Gasteiger partial charge in [-0.05, 0) is 31.2 Å². The first-order valence-corrected chi connectivity index (χ1v) is 8.39. The van der Waals surface area contributed by atoms with E-state index in [9.17, 15) is 8.42 Å². The highest BCUT2D eigenvalue weighted by molar-refractivity contribution is 7.89. The molecule has 2 fully saturated rings. The first kappa shape index (κ1) is 14.1. The van der Waals surface area contributed by atoms with Gasteiger partial charge in [-0.3, -0.25) is 0 Å². The van der Waals surface area contributed by atoms with Crippen LogP contribution in [0.15, 0.2) is 17.2 Å². The van der Waals surface area contributed by atoms with Gasteiger partial charge in [-0.1, -0.05) is 0 Å². The number of aliphatic hydroxyl groups excluding tert-OH is 1. The Kier molecular flexibility index (Phi) is 3.62. The van der Waals surface area contributed by atoms with Crippen molar-refractivity contribution in [3.8, 4) is 0 Å². The summed E-state index contributed by atoms with van der Waals surface area (Å²) in [6, 6.07) is 1.37. The molecule has 1 saturated carbocycles. The lowest BCUT2D eigenvalue weighted by atomic mass is 10.1. The lowest BCUT2D eigenvalue weighted by molar-refractivity contribution is 0.0848. The molecule has 2 atom stereocenters. The smallest absolute Gasteiger partial charge is 0.242 e. The first-order chi connectivity index (χ1) is 9.51. The molecule has 1 aromatic heterocycles. The number of sulfonamides is 1. The molecule has 1 aliphatic carbocycles. The lowest BCUT2D eigenvalue weighted by Gasteiger charge is -2.18. The number of hydrogen-bond acceptors (Lipinski definition) is 4. The molecule has 0 radical (unpaired) electrons. The fourth-order valence-electron chi connectivity index (χ4n) is 2.78. The lowest BCUT2D eigenvalue weighted by Crippen LogP contribution is -2.41. The Balaban J connectivity index is 1.77. The molecule has 112 valence electrons. The van der Waals surface area contributed by atoms with Crippen LogP contribution in [0.2, 0.25) is 0 Å². The van der Waals surface area contributed by atoms with Crippen LogP contribution < -0.4 is 4.72 Å². The van der Waals surface area contributed by atoms with Gasteiger partial charge in [-0.2, -0.15) is 0 Å². The van der Waals surface area contributed by atoms with Gasteiger partial charge in [0.05, 0.1) is 23.6 Å². The van der Waals surface area contributed by atoms with Crippen LogP contribution in [0.1, 0.15) is 25.0 Å². The quantitative estimate of drug-likeness (QED) is 0.823. The molecular formula is C13H20N2O4S. The van der Waals surface area contributed by atoms with Crippen LogP contribution in [0, 0.1) is 5.92 Å². The fraction of sp³-hybridized carbons (Fsp3) is 0.692. The standard InChI is InChI=1S/C13H20N2O4S/c1-15-7-11(6-10(15)8-16)20(17,18)14-12-4-5-19-13(12)9-2-3-9/h6-7,9,12-14,16H,2-5,8H2,1H3. The molecule has 1 aromatic rings. The van der Waals surface area contributed by atoms with E-state index in [-0.39, 0.29) is 23.6 Å². The van der Waals surface area contributed by atoms with Gasteiger partial charge in [0.1, 0.15) is 0 Å². The van der Waals surface area contributed by atoms with Gasteiger partial charge >= 0.3 is 0 Å². The van der Waals surface area contributed by atoms with E-state index < -0.39 is 10.0 Å². The van der Waals surface area contributed by atoms with Crippen molar-refractivity contribution in [2.24, 2.45) is 13.0 Å². The van der Waals surface area contributed by atoms with Crippen LogP contribution in [0.4, 0.5) is 0 Å². The Morgan fingerprint density at radius 2 is 2.20 bits per heavy atom. The van der Waals surface area contributed by atoms with Crippen molar-refractivity contribution in [2.45, 2.75) is 42.9 Å². The average Bonchev–Trinajstić information content (AvgIpc) is 3.02. The summed E-state index contributed by atoms with van der Waals surface area (Å²) < 4.78 is 34.8. The van der Waals surface area contributed by atoms with E-state index in [1.54, 1.807) is 11.6 Å². The van der Waals surface area contributed by atoms with E-state index in [0.29, 0.717) is 18.2 Å². The Hall–Kier alpha value is -0.890. The number of rotatable bonds is 5. The molecule has 6 nitrogen and oxygen atoms in total. The van der Waals surface area contributed by atoms with Crippen molar-refractivity contribution >= 4 is 10.0 Å². The Bertz CT molecular complexity index is 592. The summed E-state index contributed by atoms with van der Waals surface area (Å²) in [5.41, 5.74) is 0.576. The van der Waals surface area contributed by atoms with Crippen molar-refractivity contribution in [1.82, 2.24) is 9.29 Å². The maximum absolute atomic E-state index is 12.4. The molecule has 2 aliphatic rings. The van der Waals surface area contributed by atoms with E-state index >= 15 is 0 Å². The topological polar surface area (TPSA) is 80.6 Å². The number of ether oxygens (including phenoxy) is 1. The molecule has 2 heterocycles. The van der Waals surface area contributed by atoms with Gasteiger partial charge in [0, 0.05) is 25.5 Å². The van der Waals surface area contributed by atoms with Gasteiger partial charge in [-0.15, -0.1) is 0 Å². The molecular weight excluding hydrogens is 280 g/mol. The van der Waals surface area contributed by atoms with Crippen LogP contribution in [0.5, 0.6) is 0 Å². The summed E-state index contributed by atoms with van der Waals surface area (Å²) in [7, 11) is -1.84. The molecule has 0 amide bonds. The zero-order valence-electron chi connectivity index (χ0n) is 11.4. The van der Waals surface area contributed by atoms with E-state index in [1.807, 2.05) is 0 Å². The SMILES string of the molecule is Cn1cc(S(=O)(=O)NC2CCOC2C2CC2)cc1CO. The van der Waals surface area contributed by atoms with Gasteiger partial charge in [0.15, 0.2) is 0 Å². The minimum atomic E-state index is -3.56. The molecule has 2 unspecified atom stereocenters. The first-order valence-electron chi connectivity index (χ1n) is 6.91. The molecule has 20 heavy (non-hydrogen) atoms. The second kappa shape index (κ2) is 5.14. The third kappa shape index (κ3) is 2.63. The zero-order chi connectivity index (χ0) is 14.3. The normalized spacial score (nSPS) is 27.1. The van der Waals surface area contributed by atoms with Crippen LogP contribution in [-0.2, 0) is 28.4 Å². The molecule has 3 rings (SSSR count). The number of aryl methyl sites for hydroxylation is 1. The third-order valence-electron chi connectivity index (χ3n) is 4.08. The largest absolute Gasteiger partial charge is 0.390 e. The number of aliphatic hydroxyl groups is 1. The number of nitrogens with zero attached hydrogens (tertiary/aromatic N) is 1. The van der Waals surface area contributed by atoms with E-state index in [0.717, 1.165) is 19.3 Å². The summed E-state index contributed by atoms with van der Waals surface area (Å²) >= 11 is 0. The Labute approximate surface area is 118 Å². The molecule has 2 N–H and O–H groups in total. The average molecular weight is 300 g/mol. The summed E-state index contributed by atoms with van der Waals surface area (Å²) in [6.45, 7) is 0.439. The minimum Gasteiger partial charge on any atom is -0.390 e. The van der Waals surface area contributed by atoms with Gasteiger partial charge < -0.3 is 14.4 Å². The predicted octanol–water partition coefficient (Wildman–Crippen LogP) is 0.363. The number of nitrogens with one attached hydrogen (secondary N) is 1. The van der Waals surface area contributed by atoms with E-state index in [1.165, 1.54) is 12.3 Å². The molecule has 0 aromatic carbocycles. The zero-order valence-corrected chi connectivity index (χ0v) is 12.3. The summed E-state index contributed by atoms with van der Waals surface area (Å²) in [4.78, 5) is 0.200. The highest BCUT2D eigenvalue weighted by atomic mass is 32.2. The number of aromatic nitrogens is 1. The second-order valence-electron chi connectivity index (χ2n) is 5.63. The maximum Gasteiger partial charge on any atom is 0.242 e. The summed E-state index contributed by atoms with van der Waals surface area (Å²) in [5.74, 6) is 0.508. The van der Waals surface area contributed by atoms with Crippen molar-refractivity contribution in [1.29, 1.82) is 0 Å². The van der Waals surface area contributed by atoms with Gasteiger partial charge in [0.2, 0.25) is 10.0 Å². The van der Waals surface area contributed by atoms with E-state index in [4.69, 9.17) is 9.84 Å². The van der Waals surface area contributed by atoms with Crippen molar-refractivity contribution in [3.05, 3.63) is 18.0 Å². The summed E-state index contributed by atoms with van der Waals surface area (Å²) in [6.07, 6.45) is 4.52. The van der Waals surface area contributed by atoms with Gasteiger partial charge in [-0.25, -0.2) is 13.1 Å². The van der Waals surface area contributed by atoms with Crippen LogP contribution in [0.3, 0.4) is 0 Å². The Morgan fingerprint density at radius 1 is 1.45 bits per heavy atom.